The maximum Gasteiger partial charge on any atom is 0.212 e. The minimum absolute atomic E-state index is 0.634. The van der Waals surface area contributed by atoms with Gasteiger partial charge in [-0.1, -0.05) is 6.07 Å². The first-order chi connectivity index (χ1) is 8.19. The fourth-order valence-electron chi connectivity index (χ4n) is 2.15. The summed E-state index contributed by atoms with van der Waals surface area (Å²) >= 11 is 0. The number of nitrogens with zero attached hydrogens (tertiary/aromatic N) is 3. The number of pyridine rings is 1. The van der Waals surface area contributed by atoms with E-state index in [0.29, 0.717) is 11.9 Å². The first kappa shape index (κ1) is 12.3. The summed E-state index contributed by atoms with van der Waals surface area (Å²) in [5.41, 5.74) is 1.25. The molecule has 2 rings (SSSR count). The molecule has 1 fully saturated rings. The second-order valence-electron chi connectivity index (χ2n) is 4.77. The third-order valence-corrected chi connectivity index (χ3v) is 3.46. The minimum atomic E-state index is 0.634. The monoisotopic (exact) mass is 235 g/mol. The number of hydrogen-bond acceptors (Lipinski definition) is 4. The molecule has 0 spiro atoms. The number of methoxy groups -OCH3 is 1. The van der Waals surface area contributed by atoms with E-state index in [1.807, 2.05) is 12.3 Å². The van der Waals surface area contributed by atoms with Crippen LogP contribution in [-0.2, 0) is 6.54 Å². The highest BCUT2D eigenvalue weighted by Gasteiger charge is 2.20. The lowest BCUT2D eigenvalue weighted by Gasteiger charge is -2.37. The van der Waals surface area contributed by atoms with Gasteiger partial charge in [-0.05, 0) is 19.5 Å². The predicted octanol–water partition coefficient (Wildman–Crippen LogP) is 1.23. The molecule has 0 N–H and O–H groups in total. The second kappa shape index (κ2) is 5.47. The molecule has 1 unspecified atom stereocenters. The maximum absolute atomic E-state index is 5.06. The van der Waals surface area contributed by atoms with Crippen LogP contribution in [0.25, 0.3) is 0 Å². The number of rotatable bonds is 3. The lowest BCUT2D eigenvalue weighted by Crippen LogP contribution is -2.49. The number of ether oxygens (including phenoxy) is 1. The molecule has 1 aromatic rings. The van der Waals surface area contributed by atoms with Gasteiger partial charge in [0.1, 0.15) is 0 Å². The van der Waals surface area contributed by atoms with E-state index in [-0.39, 0.29) is 0 Å². The van der Waals surface area contributed by atoms with Crippen molar-refractivity contribution in [3.63, 3.8) is 0 Å². The Balaban J connectivity index is 1.92. The van der Waals surface area contributed by atoms with E-state index in [0.717, 1.165) is 26.2 Å². The van der Waals surface area contributed by atoms with Crippen molar-refractivity contribution in [1.29, 1.82) is 0 Å². The number of likely N-dealkylation sites (N-methyl/N-ethyl adjacent to an activating group) is 1. The fourth-order valence-corrected chi connectivity index (χ4v) is 2.15. The lowest BCUT2D eigenvalue weighted by molar-refractivity contribution is 0.0999. The summed E-state index contributed by atoms with van der Waals surface area (Å²) in [6.07, 6.45) is 1.90. The highest BCUT2D eigenvalue weighted by molar-refractivity contribution is 5.17. The summed E-state index contributed by atoms with van der Waals surface area (Å²) in [6.45, 7) is 6.66. The fraction of sp³-hybridized carbons (Fsp3) is 0.615. The Morgan fingerprint density at radius 3 is 2.82 bits per heavy atom. The highest BCUT2D eigenvalue weighted by atomic mass is 16.5. The Labute approximate surface area is 103 Å². The van der Waals surface area contributed by atoms with Gasteiger partial charge in [-0.25, -0.2) is 4.98 Å². The standard InChI is InChI=1S/C13H21N3O/c1-11-9-16(7-6-15(11)2)10-12-4-5-13(17-3)14-8-12/h4-5,8,11H,6-7,9-10H2,1-3H3. The maximum atomic E-state index is 5.06. The molecule has 0 bridgehead atoms. The van der Waals surface area contributed by atoms with Gasteiger partial charge in [-0.2, -0.15) is 0 Å². The quantitative estimate of drug-likeness (QED) is 0.788. The summed E-state index contributed by atoms with van der Waals surface area (Å²) in [7, 11) is 3.83. The Hall–Kier alpha value is -1.13. The van der Waals surface area contributed by atoms with Crippen LogP contribution in [-0.4, -0.2) is 54.6 Å². The first-order valence-electron chi connectivity index (χ1n) is 6.10. The molecular weight excluding hydrogens is 214 g/mol. The number of piperazine rings is 1. The van der Waals surface area contributed by atoms with Crippen molar-refractivity contribution in [3.8, 4) is 5.88 Å². The van der Waals surface area contributed by atoms with Gasteiger partial charge in [0.25, 0.3) is 0 Å². The molecule has 1 atom stereocenters. The topological polar surface area (TPSA) is 28.6 Å². The zero-order valence-corrected chi connectivity index (χ0v) is 10.9. The van der Waals surface area contributed by atoms with Gasteiger partial charge in [0, 0.05) is 44.5 Å². The molecule has 4 nitrogen and oxygen atoms in total. The summed E-state index contributed by atoms with van der Waals surface area (Å²) < 4.78 is 5.06. The third kappa shape index (κ3) is 3.17. The van der Waals surface area contributed by atoms with Crippen LogP contribution in [0.2, 0.25) is 0 Å². The van der Waals surface area contributed by atoms with Crippen LogP contribution in [0.4, 0.5) is 0 Å². The van der Waals surface area contributed by atoms with E-state index in [9.17, 15) is 0 Å². The van der Waals surface area contributed by atoms with Crippen molar-refractivity contribution in [2.75, 3.05) is 33.8 Å². The molecule has 0 aliphatic carbocycles. The molecule has 17 heavy (non-hydrogen) atoms. The number of aromatic nitrogens is 1. The molecule has 94 valence electrons. The van der Waals surface area contributed by atoms with Gasteiger partial charge in [0.05, 0.1) is 7.11 Å². The molecule has 0 radical (unpaired) electrons. The second-order valence-corrected chi connectivity index (χ2v) is 4.77. The molecule has 1 aromatic heterocycles. The van der Waals surface area contributed by atoms with E-state index in [1.54, 1.807) is 7.11 Å². The Morgan fingerprint density at radius 2 is 2.24 bits per heavy atom. The van der Waals surface area contributed by atoms with Crippen molar-refractivity contribution in [3.05, 3.63) is 23.9 Å². The molecule has 0 amide bonds. The summed E-state index contributed by atoms with van der Waals surface area (Å²) in [6, 6.07) is 4.65. The van der Waals surface area contributed by atoms with Gasteiger partial charge in [0.2, 0.25) is 5.88 Å². The van der Waals surface area contributed by atoms with Crippen LogP contribution < -0.4 is 4.74 Å². The molecule has 2 heterocycles. The van der Waals surface area contributed by atoms with Crippen LogP contribution in [0.5, 0.6) is 5.88 Å². The molecule has 1 saturated heterocycles. The van der Waals surface area contributed by atoms with Crippen LogP contribution in [0.15, 0.2) is 18.3 Å². The van der Waals surface area contributed by atoms with Gasteiger partial charge < -0.3 is 9.64 Å². The highest BCUT2D eigenvalue weighted by Crippen LogP contribution is 2.12. The number of hydrogen-bond donors (Lipinski definition) is 0. The smallest absolute Gasteiger partial charge is 0.212 e. The Morgan fingerprint density at radius 1 is 1.41 bits per heavy atom. The van der Waals surface area contributed by atoms with Crippen LogP contribution in [0.1, 0.15) is 12.5 Å². The van der Waals surface area contributed by atoms with Crippen molar-refractivity contribution < 1.29 is 4.74 Å². The van der Waals surface area contributed by atoms with Crippen LogP contribution in [0.3, 0.4) is 0 Å². The predicted molar refractivity (Wildman–Crippen MR) is 68.2 cm³/mol. The lowest BCUT2D eigenvalue weighted by atomic mass is 10.2. The summed E-state index contributed by atoms with van der Waals surface area (Å²) in [5, 5.41) is 0. The Kier molecular flexibility index (Phi) is 3.97. The molecule has 1 aliphatic heterocycles. The average Bonchev–Trinajstić information content (AvgIpc) is 2.35. The van der Waals surface area contributed by atoms with E-state index in [2.05, 4.69) is 34.8 Å². The SMILES string of the molecule is COc1ccc(CN2CCN(C)C(C)C2)cn1. The molecule has 0 aromatic carbocycles. The van der Waals surface area contributed by atoms with E-state index in [4.69, 9.17) is 4.74 Å². The van der Waals surface area contributed by atoms with E-state index in [1.165, 1.54) is 5.56 Å². The molecular formula is C13H21N3O. The minimum Gasteiger partial charge on any atom is -0.481 e. The van der Waals surface area contributed by atoms with Crippen LogP contribution in [0, 0.1) is 0 Å². The zero-order chi connectivity index (χ0) is 12.3. The van der Waals surface area contributed by atoms with Crippen molar-refractivity contribution in [1.82, 2.24) is 14.8 Å². The molecule has 1 aliphatic rings. The van der Waals surface area contributed by atoms with Crippen molar-refractivity contribution >= 4 is 0 Å². The van der Waals surface area contributed by atoms with Gasteiger partial charge in [-0.15, -0.1) is 0 Å². The van der Waals surface area contributed by atoms with Gasteiger partial charge >= 0.3 is 0 Å². The van der Waals surface area contributed by atoms with Crippen molar-refractivity contribution in [2.24, 2.45) is 0 Å². The normalized spacial score (nSPS) is 22.6. The average molecular weight is 235 g/mol. The van der Waals surface area contributed by atoms with Gasteiger partial charge in [-0.3, -0.25) is 4.90 Å². The molecule has 0 saturated carbocycles. The van der Waals surface area contributed by atoms with Crippen LogP contribution >= 0.6 is 0 Å². The Bertz CT molecular complexity index is 352. The van der Waals surface area contributed by atoms with Gasteiger partial charge in [0.15, 0.2) is 0 Å². The summed E-state index contributed by atoms with van der Waals surface area (Å²) in [5.74, 6) is 0.681. The summed E-state index contributed by atoms with van der Waals surface area (Å²) in [4.78, 5) is 9.12. The van der Waals surface area contributed by atoms with Crippen molar-refractivity contribution in [2.45, 2.75) is 19.5 Å². The largest absolute Gasteiger partial charge is 0.481 e. The van der Waals surface area contributed by atoms with E-state index >= 15 is 0 Å². The first-order valence-corrected chi connectivity index (χ1v) is 6.10. The zero-order valence-electron chi connectivity index (χ0n) is 10.9. The third-order valence-electron chi connectivity index (χ3n) is 3.46. The molecule has 4 heteroatoms. The van der Waals surface area contributed by atoms with E-state index < -0.39 is 0 Å².